The van der Waals surface area contributed by atoms with Crippen LogP contribution in [0.3, 0.4) is 0 Å². The Kier molecular flexibility index (Phi) is 14.9. The van der Waals surface area contributed by atoms with Crippen LogP contribution in [0, 0.1) is 17.8 Å². The summed E-state index contributed by atoms with van der Waals surface area (Å²) in [4.78, 5) is 39.2. The van der Waals surface area contributed by atoms with Crippen LogP contribution >= 0.6 is 7.37 Å². The number of nitrogens with zero attached hydrogens (tertiary/aromatic N) is 1. The third-order valence-corrected chi connectivity index (χ3v) is 10.4. The van der Waals surface area contributed by atoms with Gasteiger partial charge in [-0.3, -0.25) is 18.7 Å². The molecular formula is C30H46NNaO7P+. The van der Waals surface area contributed by atoms with E-state index >= 15 is 0 Å². The summed E-state index contributed by atoms with van der Waals surface area (Å²) in [6.45, 7) is 5.68. The van der Waals surface area contributed by atoms with Crippen molar-refractivity contribution in [3.8, 4) is 0 Å². The van der Waals surface area contributed by atoms with Crippen molar-refractivity contribution in [2.24, 2.45) is 17.8 Å². The fourth-order valence-corrected chi connectivity index (χ4v) is 8.10. The molecule has 1 saturated heterocycles. The molecule has 0 unspecified atom stereocenters. The molecule has 40 heavy (non-hydrogen) atoms. The van der Waals surface area contributed by atoms with E-state index in [0.717, 1.165) is 38.5 Å². The zero-order chi connectivity index (χ0) is 28.4. The Morgan fingerprint density at radius 1 is 1.05 bits per heavy atom. The molecule has 10 heteroatoms. The summed E-state index contributed by atoms with van der Waals surface area (Å²) >= 11 is 0. The fourth-order valence-electron chi connectivity index (χ4n) is 5.80. The Hall–Kier alpha value is -1.18. The summed E-state index contributed by atoms with van der Waals surface area (Å²) in [5.74, 6) is -1.61. The Balaban J connectivity index is 0.00000560. The average Bonchev–Trinajstić information content (AvgIpc) is 3.38. The molecule has 1 N–H and O–H groups in total. The van der Waals surface area contributed by atoms with E-state index in [2.05, 4.69) is 0 Å². The molecule has 4 atom stereocenters. The summed E-state index contributed by atoms with van der Waals surface area (Å²) < 4.78 is 25.7. The van der Waals surface area contributed by atoms with Crippen LogP contribution in [0.5, 0.6) is 0 Å². The van der Waals surface area contributed by atoms with Gasteiger partial charge in [0.2, 0.25) is 19.6 Å². The number of unbranched alkanes of at least 4 members (excludes halogenated alkanes) is 1. The fraction of sp³-hybridized carbons (Fsp3) is 0.700. The first-order chi connectivity index (χ1) is 18.6. The molecule has 0 bridgehead atoms. The summed E-state index contributed by atoms with van der Waals surface area (Å²) in [6.07, 6.45) is 7.12. The zero-order valence-electron chi connectivity index (χ0n) is 24.8. The molecule has 0 radical (unpaired) electrons. The quantitative estimate of drug-likeness (QED) is 0.117. The Morgan fingerprint density at radius 3 is 2.33 bits per heavy atom. The third kappa shape index (κ3) is 10.6. The number of amides is 1. The molecule has 1 amide bonds. The van der Waals surface area contributed by atoms with Crippen molar-refractivity contribution >= 4 is 25.2 Å². The number of hydrogen-bond donors (Lipinski definition) is 1. The molecule has 1 aliphatic carbocycles. The number of aryl methyl sites for hydroxylation is 1. The summed E-state index contributed by atoms with van der Waals surface area (Å²) in [5.41, 5.74) is 1.18. The van der Waals surface area contributed by atoms with Crippen molar-refractivity contribution in [1.29, 1.82) is 0 Å². The van der Waals surface area contributed by atoms with Crippen molar-refractivity contribution < 1.29 is 62.9 Å². The normalized spacial score (nSPS) is 21.9. The van der Waals surface area contributed by atoms with Gasteiger partial charge in [-0.15, -0.1) is 0 Å². The van der Waals surface area contributed by atoms with E-state index in [0.29, 0.717) is 25.3 Å². The predicted octanol–water partition coefficient (Wildman–Crippen LogP) is 3.13. The van der Waals surface area contributed by atoms with Gasteiger partial charge in [0.15, 0.2) is 0 Å². The number of carbonyl (C=O) groups excluding carboxylic acids is 2. The van der Waals surface area contributed by atoms with Crippen molar-refractivity contribution in [3.05, 3.63) is 35.9 Å². The number of carboxylic acids is 1. The van der Waals surface area contributed by atoms with Crippen molar-refractivity contribution in [1.82, 2.24) is 4.90 Å². The molecule has 8 nitrogen and oxygen atoms in total. The van der Waals surface area contributed by atoms with Gasteiger partial charge in [0, 0.05) is 25.0 Å². The Bertz CT molecular complexity index is 999. The SMILES string of the molecule is CCC(=O)O[C@@H](O[P@@](=O)(CCCCc1ccccc1)CC(=O)N1C[C@H](C2CCCCC2)C[C@H]1C(=O)O)C(C)C.[Na+]. The molecule has 1 aliphatic heterocycles. The maximum atomic E-state index is 14.2. The zero-order valence-corrected chi connectivity index (χ0v) is 27.7. The van der Waals surface area contributed by atoms with E-state index in [1.165, 1.54) is 16.9 Å². The molecule has 0 aromatic heterocycles. The molecular weight excluding hydrogens is 540 g/mol. The van der Waals surface area contributed by atoms with Crippen molar-refractivity contribution in [3.63, 3.8) is 0 Å². The third-order valence-electron chi connectivity index (χ3n) is 8.07. The van der Waals surface area contributed by atoms with E-state index in [-0.39, 0.29) is 60.1 Å². The molecule has 218 valence electrons. The van der Waals surface area contributed by atoms with Gasteiger partial charge in [0.1, 0.15) is 12.2 Å². The minimum absolute atomic E-state index is 0. The molecule has 1 aromatic rings. The number of hydrogen-bond acceptors (Lipinski definition) is 6. The minimum Gasteiger partial charge on any atom is -0.480 e. The Morgan fingerprint density at radius 2 is 1.73 bits per heavy atom. The predicted molar refractivity (Wildman–Crippen MR) is 151 cm³/mol. The van der Waals surface area contributed by atoms with Gasteiger partial charge in [-0.1, -0.05) is 83.2 Å². The first kappa shape index (κ1) is 35.0. The van der Waals surface area contributed by atoms with Crippen LogP contribution in [0.15, 0.2) is 30.3 Å². The van der Waals surface area contributed by atoms with Crippen LogP contribution in [0.4, 0.5) is 0 Å². The second-order valence-corrected chi connectivity index (χ2v) is 14.1. The van der Waals surface area contributed by atoms with Gasteiger partial charge in [-0.2, -0.15) is 0 Å². The first-order valence-corrected chi connectivity index (χ1v) is 16.6. The number of aliphatic carboxylic acids is 1. The molecule has 1 heterocycles. The van der Waals surface area contributed by atoms with Gasteiger partial charge in [0.05, 0.1) is 0 Å². The van der Waals surface area contributed by atoms with Crippen LogP contribution in [0.25, 0.3) is 0 Å². The monoisotopic (exact) mass is 586 g/mol. The number of carbonyl (C=O) groups is 3. The van der Waals surface area contributed by atoms with Gasteiger partial charge in [0.25, 0.3) is 0 Å². The topological polar surface area (TPSA) is 110 Å². The van der Waals surface area contributed by atoms with E-state index in [4.69, 9.17) is 9.26 Å². The van der Waals surface area contributed by atoms with Crippen LogP contribution in [-0.2, 0) is 34.6 Å². The van der Waals surface area contributed by atoms with Crippen molar-refractivity contribution in [2.75, 3.05) is 18.9 Å². The van der Waals surface area contributed by atoms with Gasteiger partial charge in [-0.05, 0) is 43.1 Å². The second kappa shape index (κ2) is 17.1. The minimum atomic E-state index is -3.60. The van der Waals surface area contributed by atoms with E-state index in [9.17, 15) is 24.1 Å². The first-order valence-electron chi connectivity index (χ1n) is 14.6. The molecule has 1 aromatic carbocycles. The van der Waals surface area contributed by atoms with Crippen molar-refractivity contribution in [2.45, 2.75) is 97.3 Å². The van der Waals surface area contributed by atoms with E-state index in [1.54, 1.807) is 6.92 Å². The standard InChI is InChI=1S/C30H46NO7P.Na/c1-4-28(33)37-30(22(2)3)38-39(36,18-12-11-15-23-13-7-5-8-14-23)21-27(32)31-20-25(19-26(31)29(34)35)24-16-9-6-10-17-24;/h5,7-8,13-14,22,24-26,30H,4,6,9-12,15-21H2,1-3H3,(H,34,35);/q;+1/t25-,26+,30+,39+;/m1./s1. The van der Waals surface area contributed by atoms with Crippen LogP contribution < -0.4 is 29.6 Å². The number of ether oxygens (including phenoxy) is 1. The van der Waals surface area contributed by atoms with E-state index < -0.39 is 37.5 Å². The molecule has 2 aliphatic rings. The maximum absolute atomic E-state index is 14.2. The van der Waals surface area contributed by atoms with Crippen LogP contribution in [0.2, 0.25) is 0 Å². The number of likely N-dealkylation sites (tertiary alicyclic amines) is 1. The van der Waals surface area contributed by atoms with Gasteiger partial charge in [-0.25, -0.2) is 4.79 Å². The molecule has 0 spiro atoms. The summed E-state index contributed by atoms with van der Waals surface area (Å²) in [5, 5.41) is 9.92. The molecule has 1 saturated carbocycles. The largest absolute Gasteiger partial charge is 1.00 e. The molecule has 3 rings (SSSR count). The average molecular weight is 587 g/mol. The smallest absolute Gasteiger partial charge is 0.480 e. The molecule has 2 fully saturated rings. The Labute approximate surface area is 261 Å². The summed E-state index contributed by atoms with van der Waals surface area (Å²) in [7, 11) is -3.60. The second-order valence-electron chi connectivity index (χ2n) is 11.5. The van der Waals surface area contributed by atoms with Gasteiger partial charge >= 0.3 is 41.5 Å². The maximum Gasteiger partial charge on any atom is 1.00 e. The van der Waals surface area contributed by atoms with Gasteiger partial charge < -0.3 is 14.7 Å². The number of rotatable bonds is 14. The number of carboxylic acid groups (broad SMARTS) is 1. The number of esters is 1. The van der Waals surface area contributed by atoms with Crippen LogP contribution in [-0.4, -0.2) is 59.1 Å². The van der Waals surface area contributed by atoms with E-state index in [1.807, 2.05) is 44.2 Å². The van der Waals surface area contributed by atoms with Crippen LogP contribution in [0.1, 0.15) is 84.1 Å². The number of benzene rings is 1. The summed E-state index contributed by atoms with van der Waals surface area (Å²) in [6, 6.07) is 9.10.